The quantitative estimate of drug-likeness (QED) is 0.477. The first kappa shape index (κ1) is 15.1. The molecule has 1 N–H and O–H groups in total. The number of hydrogen-bond donors (Lipinski definition) is 1. The highest BCUT2D eigenvalue weighted by Crippen LogP contribution is 2.16. The average Bonchev–Trinajstić information content (AvgIpc) is 2.48. The van der Waals surface area contributed by atoms with E-state index in [1.54, 1.807) is 4.68 Å². The predicted molar refractivity (Wildman–Crippen MR) is 79.7 cm³/mol. The Morgan fingerprint density at radius 3 is 2.59 bits per heavy atom. The molecule has 0 atom stereocenters. The highest BCUT2D eigenvalue weighted by atomic mass is 127. The summed E-state index contributed by atoms with van der Waals surface area (Å²) in [6.45, 7) is 10.2. The lowest BCUT2D eigenvalue weighted by atomic mass is 10.4. The molecule has 0 saturated heterocycles. The van der Waals surface area contributed by atoms with E-state index in [1.807, 2.05) is 6.92 Å². The third kappa shape index (κ3) is 4.68. The van der Waals surface area contributed by atoms with Crippen LogP contribution in [-0.2, 0) is 18.1 Å². The predicted octanol–water partition coefficient (Wildman–Crippen LogP) is 2.60. The van der Waals surface area contributed by atoms with Gasteiger partial charge in [0.25, 0.3) is 0 Å². The summed E-state index contributed by atoms with van der Waals surface area (Å²) in [5.41, 5.74) is 1.79. The summed E-state index contributed by atoms with van der Waals surface area (Å²) in [4.78, 5) is 0. The number of hydrogen-bond acceptors (Lipinski definition) is 3. The second kappa shape index (κ2) is 6.30. The molecule has 1 aromatic rings. The van der Waals surface area contributed by atoms with Crippen molar-refractivity contribution in [1.29, 1.82) is 0 Å². The normalized spacial score (nSPS) is 12.1. The molecule has 0 fully saturated rings. The Labute approximate surface area is 118 Å². The topological polar surface area (TPSA) is 47.3 Å². The van der Waals surface area contributed by atoms with E-state index in [0.717, 1.165) is 27.6 Å². The van der Waals surface area contributed by atoms with Crippen molar-refractivity contribution in [1.82, 2.24) is 9.78 Å². The van der Waals surface area contributed by atoms with Gasteiger partial charge in [0.05, 0.1) is 21.6 Å². The van der Waals surface area contributed by atoms with Crippen LogP contribution in [0.1, 0.15) is 11.4 Å². The minimum Gasteiger partial charge on any atom is -0.390 e. The largest absolute Gasteiger partial charge is 0.390 e. The Morgan fingerprint density at radius 2 is 2.06 bits per heavy atom. The van der Waals surface area contributed by atoms with Gasteiger partial charge in [-0.3, -0.25) is 0 Å². The van der Waals surface area contributed by atoms with Crippen LogP contribution in [0.3, 0.4) is 0 Å². The van der Waals surface area contributed by atoms with Gasteiger partial charge in [0, 0.05) is 14.7 Å². The van der Waals surface area contributed by atoms with Gasteiger partial charge < -0.3 is 9.84 Å². The minimum atomic E-state index is -1.03. The van der Waals surface area contributed by atoms with Crippen LogP contribution >= 0.6 is 22.6 Å². The summed E-state index contributed by atoms with van der Waals surface area (Å²) in [5.74, 6) is 0. The molecule has 0 radical (unpaired) electrons. The summed E-state index contributed by atoms with van der Waals surface area (Å²) in [7, 11) is -1.03. The van der Waals surface area contributed by atoms with Crippen molar-refractivity contribution in [2.75, 3.05) is 6.61 Å². The van der Waals surface area contributed by atoms with E-state index in [2.05, 4.69) is 47.3 Å². The van der Waals surface area contributed by atoms with Crippen molar-refractivity contribution in [3.8, 4) is 0 Å². The van der Waals surface area contributed by atoms with Gasteiger partial charge >= 0.3 is 0 Å². The van der Waals surface area contributed by atoms with E-state index in [9.17, 15) is 5.11 Å². The molecule has 1 aromatic heterocycles. The standard InChI is InChI=1S/C11H21IN2O2Si/c1-9-11(12)10(7-15)14(13-9)8-16-5-6-17(2,3)4/h15H,5-8H2,1-4H3. The fourth-order valence-corrected chi connectivity index (χ4v) is 2.71. The molecule has 1 rings (SSSR count). The number of rotatable bonds is 6. The van der Waals surface area contributed by atoms with Gasteiger partial charge in [-0.1, -0.05) is 19.6 Å². The van der Waals surface area contributed by atoms with Gasteiger partial charge in [-0.2, -0.15) is 5.10 Å². The number of aryl methyl sites for hydroxylation is 1. The molecule has 0 aliphatic rings. The summed E-state index contributed by atoms with van der Waals surface area (Å²) >= 11 is 2.21. The molecule has 0 amide bonds. The molecule has 0 unspecified atom stereocenters. The van der Waals surface area contributed by atoms with Crippen LogP contribution in [0.4, 0.5) is 0 Å². The summed E-state index contributed by atoms with van der Waals surface area (Å²) < 4.78 is 8.41. The lowest BCUT2D eigenvalue weighted by Crippen LogP contribution is -2.22. The third-order valence-electron chi connectivity index (χ3n) is 2.51. The zero-order valence-electron chi connectivity index (χ0n) is 11.0. The van der Waals surface area contributed by atoms with Crippen molar-refractivity contribution in [3.05, 3.63) is 15.0 Å². The molecule has 4 nitrogen and oxygen atoms in total. The van der Waals surface area contributed by atoms with Gasteiger partial charge in [0.15, 0.2) is 0 Å². The Bertz CT molecular complexity index is 374. The summed E-state index contributed by atoms with van der Waals surface area (Å²) in [6, 6.07) is 1.15. The maximum atomic E-state index is 9.28. The molecule has 17 heavy (non-hydrogen) atoms. The Balaban J connectivity index is 2.50. The molecular formula is C11H21IN2O2Si. The minimum absolute atomic E-state index is 0.0104. The van der Waals surface area contributed by atoms with Crippen LogP contribution in [-0.4, -0.2) is 29.6 Å². The fraction of sp³-hybridized carbons (Fsp3) is 0.727. The van der Waals surface area contributed by atoms with E-state index in [-0.39, 0.29) is 6.61 Å². The lowest BCUT2D eigenvalue weighted by Gasteiger charge is -2.15. The second-order valence-corrected chi connectivity index (χ2v) is 12.1. The first-order valence-electron chi connectivity index (χ1n) is 5.75. The maximum absolute atomic E-state index is 9.28. The Morgan fingerprint density at radius 1 is 1.41 bits per heavy atom. The molecule has 6 heteroatoms. The van der Waals surface area contributed by atoms with Crippen LogP contribution in [0.5, 0.6) is 0 Å². The number of nitrogens with zero attached hydrogens (tertiary/aromatic N) is 2. The molecule has 0 aliphatic heterocycles. The van der Waals surface area contributed by atoms with Gasteiger partial charge in [-0.15, -0.1) is 0 Å². The number of aliphatic hydroxyl groups is 1. The van der Waals surface area contributed by atoms with Gasteiger partial charge in [-0.05, 0) is 35.6 Å². The monoisotopic (exact) mass is 368 g/mol. The third-order valence-corrected chi connectivity index (χ3v) is 5.62. The molecule has 0 saturated carbocycles. The van der Waals surface area contributed by atoms with Gasteiger partial charge in [-0.25, -0.2) is 4.68 Å². The number of aromatic nitrogens is 2. The van der Waals surface area contributed by atoms with Crippen molar-refractivity contribution in [2.24, 2.45) is 0 Å². The first-order valence-corrected chi connectivity index (χ1v) is 10.5. The van der Waals surface area contributed by atoms with Crippen molar-refractivity contribution >= 4 is 30.7 Å². The van der Waals surface area contributed by atoms with Crippen molar-refractivity contribution < 1.29 is 9.84 Å². The first-order chi connectivity index (χ1) is 7.85. The molecule has 98 valence electrons. The summed E-state index contributed by atoms with van der Waals surface area (Å²) in [6.07, 6.45) is 0. The second-order valence-electron chi connectivity index (χ2n) is 5.35. The van der Waals surface area contributed by atoms with E-state index in [4.69, 9.17) is 4.74 Å². The SMILES string of the molecule is Cc1nn(COCC[Si](C)(C)C)c(CO)c1I. The fourth-order valence-electron chi connectivity index (χ4n) is 1.39. The maximum Gasteiger partial charge on any atom is 0.139 e. The Hall–Kier alpha value is 0.0769. The zero-order valence-corrected chi connectivity index (χ0v) is 14.1. The molecule has 1 heterocycles. The van der Waals surface area contributed by atoms with Crippen LogP contribution in [0.15, 0.2) is 0 Å². The van der Waals surface area contributed by atoms with Crippen molar-refractivity contribution in [2.45, 2.75) is 45.9 Å². The highest BCUT2D eigenvalue weighted by molar-refractivity contribution is 14.1. The highest BCUT2D eigenvalue weighted by Gasteiger charge is 2.14. The molecular weight excluding hydrogens is 347 g/mol. The molecule has 0 aromatic carbocycles. The van der Waals surface area contributed by atoms with Crippen LogP contribution in [0.2, 0.25) is 25.7 Å². The van der Waals surface area contributed by atoms with E-state index >= 15 is 0 Å². The zero-order chi connectivity index (χ0) is 13.1. The van der Waals surface area contributed by atoms with Crippen LogP contribution < -0.4 is 0 Å². The van der Waals surface area contributed by atoms with Gasteiger partial charge in [0.2, 0.25) is 0 Å². The average molecular weight is 368 g/mol. The van der Waals surface area contributed by atoms with Crippen molar-refractivity contribution in [3.63, 3.8) is 0 Å². The number of halogens is 1. The van der Waals surface area contributed by atoms with E-state index < -0.39 is 8.07 Å². The van der Waals surface area contributed by atoms with Crippen LogP contribution in [0, 0.1) is 10.5 Å². The number of aliphatic hydroxyl groups excluding tert-OH is 1. The molecule has 0 aliphatic carbocycles. The van der Waals surface area contributed by atoms with Crippen LogP contribution in [0.25, 0.3) is 0 Å². The van der Waals surface area contributed by atoms with E-state index in [0.29, 0.717) is 6.73 Å². The molecule has 0 spiro atoms. The lowest BCUT2D eigenvalue weighted by molar-refractivity contribution is 0.0729. The molecule has 0 bridgehead atoms. The Kier molecular flexibility index (Phi) is 5.61. The van der Waals surface area contributed by atoms with E-state index in [1.165, 1.54) is 0 Å². The smallest absolute Gasteiger partial charge is 0.139 e. The number of ether oxygens (including phenoxy) is 1. The summed E-state index contributed by atoms with van der Waals surface area (Å²) in [5, 5.41) is 13.6. The van der Waals surface area contributed by atoms with Gasteiger partial charge in [0.1, 0.15) is 6.73 Å².